The normalized spacial score (nSPS) is 11.0. The van der Waals surface area contributed by atoms with Crippen LogP contribution in [0.3, 0.4) is 0 Å². The molecule has 0 aromatic heterocycles. The first-order valence-corrected chi connectivity index (χ1v) is 11.3. The highest BCUT2D eigenvalue weighted by atomic mass is 32.2. The zero-order valence-electron chi connectivity index (χ0n) is 17.1. The van der Waals surface area contributed by atoms with Crippen molar-refractivity contribution >= 4 is 27.3 Å². The van der Waals surface area contributed by atoms with E-state index in [0.717, 1.165) is 21.7 Å². The lowest BCUT2D eigenvalue weighted by molar-refractivity contribution is -0.114. The summed E-state index contributed by atoms with van der Waals surface area (Å²) in [6, 6.07) is 21.4. The van der Waals surface area contributed by atoms with Crippen LogP contribution in [0.1, 0.15) is 11.1 Å². The standard InChI is InChI=1S/C23H24N2O4S/c1-17-13-14-20(18(2)15-17)24-23(26)16-25(30(3,27)28)21-11-7-8-12-22(21)29-19-9-5-4-6-10-19/h4-15H,16H2,1-3H3,(H,24,26). The number of para-hydroxylation sites is 3. The maximum atomic E-state index is 12.7. The molecule has 0 aliphatic carbocycles. The van der Waals surface area contributed by atoms with Crippen molar-refractivity contribution in [3.63, 3.8) is 0 Å². The van der Waals surface area contributed by atoms with Crippen molar-refractivity contribution in [2.45, 2.75) is 13.8 Å². The number of hydrogen-bond acceptors (Lipinski definition) is 4. The molecule has 0 aliphatic rings. The topological polar surface area (TPSA) is 75.7 Å². The first-order chi connectivity index (χ1) is 14.2. The number of nitrogens with one attached hydrogen (secondary N) is 1. The Kier molecular flexibility index (Phi) is 6.42. The van der Waals surface area contributed by atoms with Gasteiger partial charge in [-0.15, -0.1) is 0 Å². The number of aryl methyl sites for hydroxylation is 2. The molecule has 6 nitrogen and oxygen atoms in total. The molecule has 3 aromatic carbocycles. The third-order valence-electron chi connectivity index (χ3n) is 4.45. The van der Waals surface area contributed by atoms with Crippen LogP contribution in [-0.4, -0.2) is 27.1 Å². The van der Waals surface area contributed by atoms with Gasteiger partial charge in [-0.25, -0.2) is 8.42 Å². The van der Waals surface area contributed by atoms with Gasteiger partial charge in [0.2, 0.25) is 15.9 Å². The number of sulfonamides is 1. The summed E-state index contributed by atoms with van der Waals surface area (Å²) in [6.45, 7) is 3.48. The highest BCUT2D eigenvalue weighted by Crippen LogP contribution is 2.33. The molecule has 30 heavy (non-hydrogen) atoms. The molecule has 1 amide bonds. The number of amides is 1. The first kappa shape index (κ1) is 21.4. The summed E-state index contributed by atoms with van der Waals surface area (Å²) in [6.07, 6.45) is 1.07. The summed E-state index contributed by atoms with van der Waals surface area (Å²) >= 11 is 0. The van der Waals surface area contributed by atoms with Crippen LogP contribution >= 0.6 is 0 Å². The van der Waals surface area contributed by atoms with E-state index < -0.39 is 15.9 Å². The monoisotopic (exact) mass is 424 g/mol. The van der Waals surface area contributed by atoms with Gasteiger partial charge in [0.1, 0.15) is 12.3 Å². The first-order valence-electron chi connectivity index (χ1n) is 9.41. The highest BCUT2D eigenvalue weighted by Gasteiger charge is 2.24. The lowest BCUT2D eigenvalue weighted by atomic mass is 10.1. The van der Waals surface area contributed by atoms with Gasteiger partial charge in [0.25, 0.3) is 0 Å². The molecule has 0 saturated carbocycles. The Morgan fingerprint density at radius 1 is 0.967 bits per heavy atom. The van der Waals surface area contributed by atoms with Gasteiger partial charge < -0.3 is 10.1 Å². The fourth-order valence-electron chi connectivity index (χ4n) is 3.02. The molecule has 0 fully saturated rings. The Labute approximate surface area is 177 Å². The van der Waals surface area contributed by atoms with Crippen molar-refractivity contribution in [3.8, 4) is 11.5 Å². The molecule has 156 valence electrons. The van der Waals surface area contributed by atoms with Crippen LogP contribution in [0.5, 0.6) is 11.5 Å². The van der Waals surface area contributed by atoms with Crippen LogP contribution in [0.2, 0.25) is 0 Å². The summed E-state index contributed by atoms with van der Waals surface area (Å²) in [5.41, 5.74) is 2.92. The average molecular weight is 425 g/mol. The van der Waals surface area contributed by atoms with Gasteiger partial charge in [0.05, 0.1) is 11.9 Å². The van der Waals surface area contributed by atoms with E-state index >= 15 is 0 Å². The molecule has 3 aromatic rings. The molecule has 7 heteroatoms. The molecular formula is C23H24N2O4S. The van der Waals surface area contributed by atoms with E-state index in [9.17, 15) is 13.2 Å². The maximum absolute atomic E-state index is 12.7. The molecule has 3 rings (SSSR count). The predicted molar refractivity (Wildman–Crippen MR) is 120 cm³/mol. The van der Waals surface area contributed by atoms with Crippen molar-refractivity contribution in [2.24, 2.45) is 0 Å². The quantitative estimate of drug-likeness (QED) is 0.606. The Bertz CT molecular complexity index is 1140. The van der Waals surface area contributed by atoms with Gasteiger partial charge in [-0.05, 0) is 49.7 Å². The summed E-state index contributed by atoms with van der Waals surface area (Å²) in [5, 5.41) is 2.79. The fourth-order valence-corrected chi connectivity index (χ4v) is 3.88. The molecule has 0 unspecified atom stereocenters. The number of carbonyl (C=O) groups excluding carboxylic acids is 1. The minimum Gasteiger partial charge on any atom is -0.455 e. The van der Waals surface area contributed by atoms with E-state index in [1.165, 1.54) is 0 Å². The molecule has 0 spiro atoms. The molecule has 0 saturated heterocycles. The van der Waals surface area contributed by atoms with E-state index in [2.05, 4.69) is 5.32 Å². The Hall–Kier alpha value is -3.32. The molecular weight excluding hydrogens is 400 g/mol. The van der Waals surface area contributed by atoms with Crippen LogP contribution in [0.15, 0.2) is 72.8 Å². The number of rotatable bonds is 7. The number of hydrogen-bond donors (Lipinski definition) is 1. The van der Waals surface area contributed by atoms with E-state index in [-0.39, 0.29) is 6.54 Å². The lowest BCUT2D eigenvalue weighted by Crippen LogP contribution is -2.37. The van der Waals surface area contributed by atoms with Gasteiger partial charge >= 0.3 is 0 Å². The number of anilines is 2. The summed E-state index contributed by atoms with van der Waals surface area (Å²) < 4.78 is 32.0. The molecule has 1 N–H and O–H groups in total. The number of carbonyl (C=O) groups is 1. The minimum atomic E-state index is -3.74. The van der Waals surface area contributed by atoms with E-state index in [4.69, 9.17) is 4.74 Å². The molecule has 0 atom stereocenters. The van der Waals surface area contributed by atoms with Gasteiger partial charge in [0.15, 0.2) is 5.75 Å². The molecule has 0 aliphatic heterocycles. The van der Waals surface area contributed by atoms with Gasteiger partial charge in [0, 0.05) is 5.69 Å². The lowest BCUT2D eigenvalue weighted by Gasteiger charge is -2.24. The van der Waals surface area contributed by atoms with Crippen molar-refractivity contribution in [1.29, 1.82) is 0 Å². The summed E-state index contributed by atoms with van der Waals surface area (Å²) in [7, 11) is -3.74. The van der Waals surface area contributed by atoms with Crippen LogP contribution in [-0.2, 0) is 14.8 Å². The summed E-state index contributed by atoms with van der Waals surface area (Å²) in [4.78, 5) is 12.7. The molecule has 0 heterocycles. The van der Waals surface area contributed by atoms with Crippen molar-refractivity contribution in [1.82, 2.24) is 0 Å². The van der Waals surface area contributed by atoms with E-state index in [1.807, 2.05) is 44.2 Å². The average Bonchev–Trinajstić information content (AvgIpc) is 2.69. The predicted octanol–water partition coefficient (Wildman–Crippen LogP) is 4.50. The highest BCUT2D eigenvalue weighted by molar-refractivity contribution is 7.92. The van der Waals surface area contributed by atoms with Crippen LogP contribution in [0.25, 0.3) is 0 Å². The second kappa shape index (κ2) is 9.00. The van der Waals surface area contributed by atoms with E-state index in [0.29, 0.717) is 22.9 Å². The van der Waals surface area contributed by atoms with Crippen LogP contribution < -0.4 is 14.4 Å². The summed E-state index contributed by atoms with van der Waals surface area (Å²) in [5.74, 6) is 0.466. The Morgan fingerprint density at radius 2 is 1.63 bits per heavy atom. The number of ether oxygens (including phenoxy) is 1. The SMILES string of the molecule is Cc1ccc(NC(=O)CN(c2ccccc2Oc2ccccc2)S(C)(=O)=O)c(C)c1. The Balaban J connectivity index is 1.88. The zero-order valence-corrected chi connectivity index (χ0v) is 17.9. The largest absolute Gasteiger partial charge is 0.455 e. The third-order valence-corrected chi connectivity index (χ3v) is 5.57. The molecule has 0 radical (unpaired) electrons. The minimum absolute atomic E-state index is 0.291. The second-order valence-electron chi connectivity index (χ2n) is 7.02. The Morgan fingerprint density at radius 3 is 2.30 bits per heavy atom. The number of nitrogens with zero attached hydrogens (tertiary/aromatic N) is 1. The number of benzene rings is 3. The van der Waals surface area contributed by atoms with Crippen LogP contribution in [0.4, 0.5) is 11.4 Å². The zero-order chi connectivity index (χ0) is 21.7. The maximum Gasteiger partial charge on any atom is 0.245 e. The second-order valence-corrected chi connectivity index (χ2v) is 8.93. The van der Waals surface area contributed by atoms with Gasteiger partial charge in [-0.2, -0.15) is 0 Å². The van der Waals surface area contributed by atoms with Crippen LogP contribution in [0, 0.1) is 13.8 Å². The van der Waals surface area contributed by atoms with Crippen molar-refractivity contribution in [3.05, 3.63) is 83.9 Å². The van der Waals surface area contributed by atoms with Crippen molar-refractivity contribution in [2.75, 3.05) is 22.4 Å². The van der Waals surface area contributed by atoms with E-state index in [1.54, 1.807) is 42.5 Å². The molecule has 0 bridgehead atoms. The smallest absolute Gasteiger partial charge is 0.245 e. The van der Waals surface area contributed by atoms with Gasteiger partial charge in [-0.3, -0.25) is 9.10 Å². The van der Waals surface area contributed by atoms with Gasteiger partial charge in [-0.1, -0.05) is 48.0 Å². The third kappa shape index (κ3) is 5.39. The van der Waals surface area contributed by atoms with Crippen molar-refractivity contribution < 1.29 is 17.9 Å². The fraction of sp³-hybridized carbons (Fsp3) is 0.174.